The summed E-state index contributed by atoms with van der Waals surface area (Å²) in [5.41, 5.74) is 0.766. The molecule has 0 unspecified atom stereocenters. The lowest BCUT2D eigenvalue weighted by Crippen LogP contribution is -2.47. The monoisotopic (exact) mass is 518 g/mol. The Morgan fingerprint density at radius 3 is 1.61 bits per heavy atom. The molecule has 9 nitrogen and oxygen atoms in total. The predicted molar refractivity (Wildman–Crippen MR) is 132 cm³/mol. The van der Waals surface area contributed by atoms with E-state index < -0.39 is 54.6 Å². The molecule has 2 aliphatic heterocycles. The summed E-state index contributed by atoms with van der Waals surface area (Å²) in [5.74, 6) is -3.19. The second kappa shape index (κ2) is 10.7. The molecule has 0 saturated carbocycles. The predicted octanol–water partition coefficient (Wildman–Crippen LogP) is 4.13. The normalized spacial score (nSPS) is 23.4. The molecule has 0 amide bonds. The van der Waals surface area contributed by atoms with Crippen molar-refractivity contribution in [2.75, 3.05) is 0 Å². The van der Waals surface area contributed by atoms with Crippen LogP contribution in [0.5, 0.6) is 0 Å². The lowest BCUT2D eigenvalue weighted by molar-refractivity contribution is -0.246. The van der Waals surface area contributed by atoms with Crippen molar-refractivity contribution in [1.29, 1.82) is 0 Å². The minimum absolute atomic E-state index is 0.234. The number of benzene rings is 3. The fraction of sp³-hybridized carbons (Fsp3) is 0.276. The number of esters is 3. The summed E-state index contributed by atoms with van der Waals surface area (Å²) in [6, 6.07) is 24.8. The van der Waals surface area contributed by atoms with E-state index >= 15 is 0 Å². The molecule has 3 aromatic rings. The van der Waals surface area contributed by atoms with Gasteiger partial charge in [-0.25, -0.2) is 14.4 Å². The number of carbonyl (C=O) groups excluding carboxylic acids is 3. The molecule has 5 rings (SSSR count). The van der Waals surface area contributed by atoms with Gasteiger partial charge in [-0.15, -0.1) is 0 Å². The number of rotatable bonds is 7. The van der Waals surface area contributed by atoms with Gasteiger partial charge in [-0.2, -0.15) is 0 Å². The van der Waals surface area contributed by atoms with E-state index in [1.807, 2.05) is 0 Å². The van der Waals surface area contributed by atoms with Crippen molar-refractivity contribution in [1.82, 2.24) is 0 Å². The summed E-state index contributed by atoms with van der Waals surface area (Å²) >= 11 is 0. The van der Waals surface area contributed by atoms with Crippen LogP contribution in [0, 0.1) is 0 Å². The Labute approximate surface area is 219 Å². The van der Waals surface area contributed by atoms with E-state index in [1.165, 1.54) is 0 Å². The van der Waals surface area contributed by atoms with Crippen molar-refractivity contribution < 1.29 is 42.8 Å². The highest BCUT2D eigenvalue weighted by atomic mass is 16.9. The Morgan fingerprint density at radius 2 is 1.13 bits per heavy atom. The smallest absolute Gasteiger partial charge is 0.341 e. The molecule has 196 valence electrons. The van der Waals surface area contributed by atoms with Gasteiger partial charge in [0.15, 0.2) is 30.4 Å². The summed E-state index contributed by atoms with van der Waals surface area (Å²) < 4.78 is 34.9. The molecule has 0 aliphatic carbocycles. The van der Waals surface area contributed by atoms with Crippen molar-refractivity contribution in [3.63, 3.8) is 0 Å². The molecule has 38 heavy (non-hydrogen) atoms. The molecule has 2 heterocycles. The zero-order valence-corrected chi connectivity index (χ0v) is 20.7. The summed E-state index contributed by atoms with van der Waals surface area (Å²) in [6.45, 7) is 3.39. The van der Waals surface area contributed by atoms with Crippen molar-refractivity contribution in [2.24, 2.45) is 0 Å². The number of carbonyl (C=O) groups is 3. The quantitative estimate of drug-likeness (QED) is 0.337. The molecule has 2 aliphatic rings. The summed E-state index contributed by atoms with van der Waals surface area (Å²) in [6.07, 6.45) is -5.79. The standard InChI is InChI=1S/C29H26O9/c1-29(2)37-23-21(33-24(30)18-12-6-3-7-13-18)22(34-28(23)38-29)27(35-25(31)19-14-8-4-9-15-19)36-26(32)20-16-10-5-11-17-20/h3-17,21-23,27-28H,1-2H3/t21-,22-,23-,28+/m0/s1. The van der Waals surface area contributed by atoms with Gasteiger partial charge in [-0.1, -0.05) is 54.6 Å². The van der Waals surface area contributed by atoms with Gasteiger partial charge in [-0.3, -0.25) is 0 Å². The molecule has 2 fully saturated rings. The lowest BCUT2D eigenvalue weighted by Gasteiger charge is -2.30. The van der Waals surface area contributed by atoms with E-state index in [0.29, 0.717) is 5.56 Å². The Morgan fingerprint density at radius 1 is 0.684 bits per heavy atom. The maximum atomic E-state index is 13.0. The van der Waals surface area contributed by atoms with Crippen LogP contribution in [0.25, 0.3) is 0 Å². The number of hydrogen-bond acceptors (Lipinski definition) is 9. The van der Waals surface area contributed by atoms with Crippen LogP contribution in [0.4, 0.5) is 0 Å². The molecular weight excluding hydrogens is 492 g/mol. The van der Waals surface area contributed by atoms with Crippen LogP contribution in [-0.4, -0.2) is 54.6 Å². The van der Waals surface area contributed by atoms with Gasteiger partial charge in [0.25, 0.3) is 6.29 Å². The zero-order chi connectivity index (χ0) is 26.7. The Balaban J connectivity index is 1.45. The van der Waals surface area contributed by atoms with Gasteiger partial charge >= 0.3 is 17.9 Å². The first-order chi connectivity index (χ1) is 18.3. The fourth-order valence-electron chi connectivity index (χ4n) is 4.28. The van der Waals surface area contributed by atoms with Crippen LogP contribution in [0.2, 0.25) is 0 Å². The highest BCUT2D eigenvalue weighted by molar-refractivity contribution is 5.91. The van der Waals surface area contributed by atoms with Gasteiger partial charge in [-0.05, 0) is 50.2 Å². The third-order valence-electron chi connectivity index (χ3n) is 6.01. The highest BCUT2D eigenvalue weighted by Gasteiger charge is 2.60. The second-order valence-corrected chi connectivity index (χ2v) is 9.22. The second-order valence-electron chi connectivity index (χ2n) is 9.22. The highest BCUT2D eigenvalue weighted by Crippen LogP contribution is 2.41. The van der Waals surface area contributed by atoms with Crippen LogP contribution in [-0.2, 0) is 28.4 Å². The van der Waals surface area contributed by atoms with Crippen LogP contribution in [0.1, 0.15) is 44.9 Å². The van der Waals surface area contributed by atoms with Gasteiger partial charge in [0.2, 0.25) is 0 Å². The maximum Gasteiger partial charge on any atom is 0.341 e. The van der Waals surface area contributed by atoms with E-state index in [4.69, 9.17) is 28.4 Å². The summed E-state index contributed by atoms with van der Waals surface area (Å²) in [7, 11) is 0. The van der Waals surface area contributed by atoms with E-state index in [-0.39, 0.29) is 11.1 Å². The molecule has 4 atom stereocenters. The molecule has 0 bridgehead atoms. The number of hydrogen-bond donors (Lipinski definition) is 0. The molecule has 0 N–H and O–H groups in total. The van der Waals surface area contributed by atoms with E-state index in [2.05, 4.69) is 0 Å². The fourth-order valence-corrected chi connectivity index (χ4v) is 4.28. The van der Waals surface area contributed by atoms with Gasteiger partial charge in [0.1, 0.15) is 0 Å². The minimum Gasteiger partial charge on any atom is -0.453 e. The van der Waals surface area contributed by atoms with Crippen molar-refractivity contribution in [3.8, 4) is 0 Å². The first kappa shape index (κ1) is 25.6. The van der Waals surface area contributed by atoms with Crippen LogP contribution in [0.3, 0.4) is 0 Å². The maximum absolute atomic E-state index is 13.0. The Bertz CT molecular complexity index is 1220. The third-order valence-corrected chi connectivity index (χ3v) is 6.01. The first-order valence-electron chi connectivity index (χ1n) is 12.1. The van der Waals surface area contributed by atoms with Crippen molar-refractivity contribution in [3.05, 3.63) is 108 Å². The molecule has 9 heteroatoms. The SMILES string of the molecule is CC1(C)O[C@H]2O[C@H](C(OC(=O)c3ccccc3)OC(=O)c3ccccc3)[C@H](OC(=O)c3ccccc3)[C@@H]2O1. The lowest BCUT2D eigenvalue weighted by atomic mass is 10.1. The van der Waals surface area contributed by atoms with Gasteiger partial charge < -0.3 is 28.4 Å². The summed E-state index contributed by atoms with van der Waals surface area (Å²) in [4.78, 5) is 39.0. The largest absolute Gasteiger partial charge is 0.453 e. The van der Waals surface area contributed by atoms with Gasteiger partial charge in [0.05, 0.1) is 16.7 Å². The Hall–Kier alpha value is -4.05. The van der Waals surface area contributed by atoms with E-state index in [0.717, 1.165) is 0 Å². The van der Waals surface area contributed by atoms with Crippen molar-refractivity contribution >= 4 is 17.9 Å². The molecule has 0 aromatic heterocycles. The minimum atomic E-state index is -1.59. The number of ether oxygens (including phenoxy) is 6. The molecular formula is C29H26O9. The first-order valence-corrected chi connectivity index (χ1v) is 12.1. The molecule has 0 radical (unpaired) electrons. The zero-order valence-electron chi connectivity index (χ0n) is 20.7. The van der Waals surface area contributed by atoms with Crippen LogP contribution >= 0.6 is 0 Å². The average molecular weight is 519 g/mol. The molecule has 3 aromatic carbocycles. The van der Waals surface area contributed by atoms with Gasteiger partial charge in [0, 0.05) is 0 Å². The topological polar surface area (TPSA) is 107 Å². The van der Waals surface area contributed by atoms with E-state index in [9.17, 15) is 14.4 Å². The number of fused-ring (bicyclic) bond motifs is 1. The average Bonchev–Trinajstić information content (AvgIpc) is 3.41. The molecule has 0 spiro atoms. The molecule has 2 saturated heterocycles. The van der Waals surface area contributed by atoms with E-state index in [1.54, 1.807) is 105 Å². The van der Waals surface area contributed by atoms with Crippen LogP contribution < -0.4 is 0 Å². The summed E-state index contributed by atoms with van der Waals surface area (Å²) in [5, 5.41) is 0. The third kappa shape index (κ3) is 5.60. The Kier molecular flexibility index (Phi) is 7.24. The van der Waals surface area contributed by atoms with Crippen LogP contribution in [0.15, 0.2) is 91.0 Å². The van der Waals surface area contributed by atoms with Crippen molar-refractivity contribution in [2.45, 2.75) is 50.5 Å².